The van der Waals surface area contributed by atoms with Crippen molar-refractivity contribution >= 4 is 23.0 Å². The van der Waals surface area contributed by atoms with Crippen molar-refractivity contribution in [2.24, 2.45) is 0 Å². The minimum absolute atomic E-state index is 0.376. The maximum atomic E-state index is 6.48. The summed E-state index contributed by atoms with van der Waals surface area (Å²) in [5.74, 6) is 0. The molecule has 1 aromatic carbocycles. The van der Waals surface area contributed by atoms with E-state index in [-0.39, 0.29) is 4.87 Å². The summed E-state index contributed by atoms with van der Waals surface area (Å²) in [7, 11) is 0. The molecule has 0 saturated carbocycles. The number of alkyl halides is 1. The number of hydrogen-bond donors (Lipinski definition) is 2. The van der Waals surface area contributed by atoms with Crippen LogP contribution in [0, 0.1) is 0 Å². The lowest BCUT2D eigenvalue weighted by Gasteiger charge is -2.26. The minimum Gasteiger partial charge on any atom is -0.399 e. The second-order valence-corrected chi connectivity index (χ2v) is 4.24. The van der Waals surface area contributed by atoms with E-state index in [0.29, 0.717) is 5.69 Å². The lowest BCUT2D eigenvalue weighted by atomic mass is 9.91. The summed E-state index contributed by atoms with van der Waals surface area (Å²) in [6.45, 7) is 4.11. The smallest absolute Gasteiger partial charge is 0.0710 e. The summed E-state index contributed by atoms with van der Waals surface area (Å²) < 4.78 is 0. The van der Waals surface area contributed by atoms with Gasteiger partial charge in [-0.3, -0.25) is 0 Å². The van der Waals surface area contributed by atoms with Crippen molar-refractivity contribution in [1.82, 2.24) is 0 Å². The van der Waals surface area contributed by atoms with E-state index < -0.39 is 0 Å². The van der Waals surface area contributed by atoms with Gasteiger partial charge in [0, 0.05) is 11.4 Å². The summed E-state index contributed by atoms with van der Waals surface area (Å²) in [5, 5.41) is 0. The second kappa shape index (κ2) is 4.09. The molecule has 0 saturated heterocycles. The van der Waals surface area contributed by atoms with E-state index in [9.17, 15) is 0 Å². The van der Waals surface area contributed by atoms with Gasteiger partial charge in [-0.15, -0.1) is 11.6 Å². The van der Waals surface area contributed by atoms with E-state index in [1.54, 1.807) is 6.07 Å². The molecule has 3 heteroatoms. The molecule has 0 aromatic heterocycles. The van der Waals surface area contributed by atoms with Crippen molar-refractivity contribution in [3.63, 3.8) is 0 Å². The first kappa shape index (κ1) is 11.2. The first-order valence-corrected chi connectivity index (χ1v) is 5.25. The van der Waals surface area contributed by atoms with Crippen LogP contribution in [0.1, 0.15) is 32.3 Å². The van der Waals surface area contributed by atoms with Crippen molar-refractivity contribution in [1.29, 1.82) is 0 Å². The molecular weight excluding hydrogens is 196 g/mol. The zero-order valence-corrected chi connectivity index (χ0v) is 9.43. The molecule has 0 atom stereocenters. The van der Waals surface area contributed by atoms with E-state index in [1.807, 2.05) is 12.1 Å². The fourth-order valence-corrected chi connectivity index (χ4v) is 1.76. The molecule has 0 aliphatic carbocycles. The van der Waals surface area contributed by atoms with Gasteiger partial charge in [-0.2, -0.15) is 0 Å². The predicted octanol–water partition coefficient (Wildman–Crippen LogP) is 3.11. The molecule has 14 heavy (non-hydrogen) atoms. The summed E-state index contributed by atoms with van der Waals surface area (Å²) in [6.07, 6.45) is 1.69. The Morgan fingerprint density at radius 3 is 2.29 bits per heavy atom. The maximum absolute atomic E-state index is 6.48. The lowest BCUT2D eigenvalue weighted by molar-refractivity contribution is 0.568. The SMILES string of the molecule is CCC(Cl)(CC)c1cc(N)ccc1N. The molecule has 2 nitrogen and oxygen atoms in total. The average molecular weight is 213 g/mol. The monoisotopic (exact) mass is 212 g/mol. The quantitative estimate of drug-likeness (QED) is 0.598. The van der Waals surface area contributed by atoms with Crippen LogP contribution in [0.3, 0.4) is 0 Å². The van der Waals surface area contributed by atoms with Crippen LogP contribution in [0.2, 0.25) is 0 Å². The zero-order valence-electron chi connectivity index (χ0n) is 8.68. The van der Waals surface area contributed by atoms with Crippen LogP contribution in [0.5, 0.6) is 0 Å². The van der Waals surface area contributed by atoms with E-state index >= 15 is 0 Å². The topological polar surface area (TPSA) is 52.0 Å². The summed E-state index contributed by atoms with van der Waals surface area (Å²) in [6, 6.07) is 5.48. The van der Waals surface area contributed by atoms with Gasteiger partial charge in [-0.25, -0.2) is 0 Å². The molecule has 0 aliphatic rings. The van der Waals surface area contributed by atoms with Gasteiger partial charge in [-0.05, 0) is 36.6 Å². The van der Waals surface area contributed by atoms with Crippen LogP contribution in [-0.2, 0) is 4.87 Å². The van der Waals surface area contributed by atoms with Gasteiger partial charge in [-0.1, -0.05) is 13.8 Å². The molecule has 78 valence electrons. The zero-order chi connectivity index (χ0) is 10.8. The molecule has 0 spiro atoms. The third kappa shape index (κ3) is 1.95. The van der Waals surface area contributed by atoms with Crippen LogP contribution >= 0.6 is 11.6 Å². The molecular formula is C11H17ClN2. The normalized spacial score (nSPS) is 11.6. The molecule has 0 bridgehead atoms. The van der Waals surface area contributed by atoms with Crippen molar-refractivity contribution in [3.05, 3.63) is 23.8 Å². The highest BCUT2D eigenvalue weighted by atomic mass is 35.5. The van der Waals surface area contributed by atoms with Gasteiger partial charge >= 0.3 is 0 Å². The Bertz CT molecular complexity index is 319. The highest BCUT2D eigenvalue weighted by molar-refractivity contribution is 6.24. The fourth-order valence-electron chi connectivity index (χ4n) is 1.59. The van der Waals surface area contributed by atoms with Gasteiger partial charge in [0.2, 0.25) is 0 Å². The van der Waals surface area contributed by atoms with Crippen LogP contribution in [0.4, 0.5) is 11.4 Å². The second-order valence-electron chi connectivity index (χ2n) is 3.52. The Labute approximate surface area is 90.2 Å². The summed E-state index contributed by atoms with van der Waals surface area (Å²) in [4.78, 5) is -0.376. The van der Waals surface area contributed by atoms with Gasteiger partial charge in [0.1, 0.15) is 0 Å². The number of hydrogen-bond acceptors (Lipinski definition) is 2. The van der Waals surface area contributed by atoms with Crippen molar-refractivity contribution < 1.29 is 0 Å². The van der Waals surface area contributed by atoms with Crippen LogP contribution in [-0.4, -0.2) is 0 Å². The highest BCUT2D eigenvalue weighted by Gasteiger charge is 2.27. The summed E-state index contributed by atoms with van der Waals surface area (Å²) >= 11 is 6.48. The Hall–Kier alpha value is -0.890. The number of nitrogen functional groups attached to an aromatic ring is 2. The fraction of sp³-hybridized carbons (Fsp3) is 0.455. The molecule has 0 fully saturated rings. The van der Waals surface area contributed by atoms with Gasteiger partial charge < -0.3 is 11.5 Å². The van der Waals surface area contributed by atoms with E-state index in [4.69, 9.17) is 23.1 Å². The third-order valence-electron chi connectivity index (χ3n) is 2.68. The molecule has 0 amide bonds. The number of anilines is 2. The molecule has 0 radical (unpaired) electrons. The standard InChI is InChI=1S/C11H17ClN2/c1-3-11(12,4-2)9-7-8(13)5-6-10(9)14/h5-7H,3-4,13-14H2,1-2H3. The third-order valence-corrected chi connectivity index (χ3v) is 3.42. The van der Waals surface area contributed by atoms with Crippen molar-refractivity contribution in [3.8, 4) is 0 Å². The van der Waals surface area contributed by atoms with Gasteiger partial charge in [0.15, 0.2) is 0 Å². The van der Waals surface area contributed by atoms with E-state index in [1.165, 1.54) is 0 Å². The first-order chi connectivity index (χ1) is 6.53. The minimum atomic E-state index is -0.376. The van der Waals surface area contributed by atoms with Gasteiger partial charge in [0.25, 0.3) is 0 Å². The largest absolute Gasteiger partial charge is 0.399 e. The van der Waals surface area contributed by atoms with Gasteiger partial charge in [0.05, 0.1) is 4.87 Å². The highest BCUT2D eigenvalue weighted by Crippen LogP contribution is 2.39. The molecule has 1 rings (SSSR count). The molecule has 1 aromatic rings. The Balaban J connectivity index is 3.22. The molecule has 0 unspecified atom stereocenters. The number of nitrogens with two attached hydrogens (primary N) is 2. The van der Waals surface area contributed by atoms with Crippen LogP contribution < -0.4 is 11.5 Å². The Kier molecular flexibility index (Phi) is 3.27. The lowest BCUT2D eigenvalue weighted by Crippen LogP contribution is -2.18. The van der Waals surface area contributed by atoms with Crippen molar-refractivity contribution in [2.75, 3.05) is 11.5 Å². The number of benzene rings is 1. The maximum Gasteiger partial charge on any atom is 0.0710 e. The predicted molar refractivity (Wildman–Crippen MR) is 63.4 cm³/mol. The number of halogens is 1. The molecule has 0 aliphatic heterocycles. The first-order valence-electron chi connectivity index (χ1n) is 4.88. The summed E-state index contributed by atoms with van der Waals surface area (Å²) in [5.41, 5.74) is 14.0. The molecule has 0 heterocycles. The average Bonchev–Trinajstić information content (AvgIpc) is 2.20. The molecule has 4 N–H and O–H groups in total. The van der Waals surface area contributed by atoms with Crippen LogP contribution in [0.25, 0.3) is 0 Å². The van der Waals surface area contributed by atoms with E-state index in [2.05, 4.69) is 13.8 Å². The number of rotatable bonds is 3. The van der Waals surface area contributed by atoms with Crippen LogP contribution in [0.15, 0.2) is 18.2 Å². The van der Waals surface area contributed by atoms with Crippen molar-refractivity contribution in [2.45, 2.75) is 31.6 Å². The Morgan fingerprint density at radius 2 is 1.79 bits per heavy atom. The van der Waals surface area contributed by atoms with E-state index in [0.717, 1.165) is 24.1 Å². The Morgan fingerprint density at radius 1 is 1.21 bits per heavy atom.